The van der Waals surface area contributed by atoms with Gasteiger partial charge in [-0.15, -0.1) is 0 Å². The molecule has 2 N–H and O–H groups in total. The van der Waals surface area contributed by atoms with E-state index in [4.69, 9.17) is 15.2 Å². The smallest absolute Gasteiger partial charge is 0.172 e. The molecule has 0 aromatic heterocycles. The van der Waals surface area contributed by atoms with Crippen molar-refractivity contribution in [3.63, 3.8) is 0 Å². The summed E-state index contributed by atoms with van der Waals surface area (Å²) in [6.07, 6.45) is 0.832. The van der Waals surface area contributed by atoms with Gasteiger partial charge in [0.25, 0.3) is 0 Å². The molecule has 1 heterocycles. The maximum absolute atomic E-state index is 6.28. The largest absolute Gasteiger partial charge is 0.347 e. The number of benzene rings is 1. The molecule has 0 spiro atoms. The number of nitrogens with two attached hydrogens (primary N) is 1. The molecule has 0 aliphatic carbocycles. The maximum atomic E-state index is 6.28. The van der Waals surface area contributed by atoms with Crippen molar-refractivity contribution in [2.75, 3.05) is 13.2 Å². The zero-order valence-electron chi connectivity index (χ0n) is 12.4. The zero-order chi connectivity index (χ0) is 14.8. The van der Waals surface area contributed by atoms with Gasteiger partial charge in [0.2, 0.25) is 0 Å². The van der Waals surface area contributed by atoms with Gasteiger partial charge in [-0.05, 0) is 24.2 Å². The quantitative estimate of drug-likeness (QED) is 0.888. The molecule has 20 heavy (non-hydrogen) atoms. The fraction of sp³-hybridized carbons (Fsp3) is 0.625. The highest BCUT2D eigenvalue weighted by Crippen LogP contribution is 2.38. The molecule has 4 heteroatoms. The maximum Gasteiger partial charge on any atom is 0.172 e. The molecule has 3 nitrogen and oxygen atoms in total. The summed E-state index contributed by atoms with van der Waals surface area (Å²) in [5.41, 5.74) is 6.99. The van der Waals surface area contributed by atoms with Crippen molar-refractivity contribution in [2.24, 2.45) is 11.7 Å². The fourth-order valence-corrected chi connectivity index (χ4v) is 2.96. The van der Waals surface area contributed by atoms with Gasteiger partial charge in [0, 0.05) is 22.7 Å². The first-order valence-corrected chi connectivity index (χ1v) is 8.05. The minimum Gasteiger partial charge on any atom is -0.347 e. The van der Waals surface area contributed by atoms with E-state index >= 15 is 0 Å². The first-order valence-electron chi connectivity index (χ1n) is 7.26. The van der Waals surface area contributed by atoms with E-state index in [0.29, 0.717) is 25.0 Å². The Morgan fingerprint density at radius 2 is 1.95 bits per heavy atom. The lowest BCUT2D eigenvalue weighted by atomic mass is 9.95. The van der Waals surface area contributed by atoms with Crippen molar-refractivity contribution in [1.82, 2.24) is 0 Å². The Morgan fingerprint density at radius 3 is 2.50 bits per heavy atom. The number of ether oxygens (including phenoxy) is 2. The van der Waals surface area contributed by atoms with Crippen molar-refractivity contribution < 1.29 is 9.47 Å². The molecule has 1 aromatic rings. The van der Waals surface area contributed by atoms with Crippen LogP contribution in [0.4, 0.5) is 0 Å². The zero-order valence-corrected chi connectivity index (χ0v) is 14.0. The summed E-state index contributed by atoms with van der Waals surface area (Å²) >= 11 is 3.47. The molecule has 0 bridgehead atoms. The van der Waals surface area contributed by atoms with Gasteiger partial charge in [-0.2, -0.15) is 0 Å². The Morgan fingerprint density at radius 1 is 1.30 bits per heavy atom. The summed E-state index contributed by atoms with van der Waals surface area (Å²) in [6, 6.07) is 8.40. The van der Waals surface area contributed by atoms with Crippen LogP contribution in [0.1, 0.15) is 38.7 Å². The highest BCUT2D eigenvalue weighted by atomic mass is 79.9. The van der Waals surface area contributed by atoms with Crippen LogP contribution in [0.5, 0.6) is 0 Å². The third kappa shape index (κ3) is 3.25. The Balaban J connectivity index is 2.09. The summed E-state index contributed by atoms with van der Waals surface area (Å²) < 4.78 is 13.4. The minimum absolute atomic E-state index is 0.0881. The third-order valence-corrected chi connectivity index (χ3v) is 4.70. The van der Waals surface area contributed by atoms with Gasteiger partial charge in [0.15, 0.2) is 5.79 Å². The highest BCUT2D eigenvalue weighted by Gasteiger charge is 2.45. The lowest BCUT2D eigenvalue weighted by molar-refractivity contribution is -0.201. The van der Waals surface area contributed by atoms with E-state index in [1.807, 2.05) is 0 Å². The van der Waals surface area contributed by atoms with Gasteiger partial charge in [-0.25, -0.2) is 0 Å². The molecular formula is C16H24BrNO2. The molecule has 1 fully saturated rings. The predicted octanol–water partition coefficient (Wildman–Crippen LogP) is 3.67. The summed E-state index contributed by atoms with van der Waals surface area (Å²) in [4.78, 5) is 0. The van der Waals surface area contributed by atoms with Crippen LogP contribution in [0.2, 0.25) is 0 Å². The Kier molecular flexibility index (Phi) is 5.24. The van der Waals surface area contributed by atoms with Crippen LogP contribution in [0, 0.1) is 5.92 Å². The van der Waals surface area contributed by atoms with Crippen molar-refractivity contribution in [2.45, 2.75) is 45.0 Å². The second kappa shape index (κ2) is 6.56. The standard InChI is InChI=1S/C16H24BrNO2/c1-11(2)16(8-9-18)19-10-15(20-16)12(3)13-4-6-14(17)7-5-13/h4-7,11-12,15H,8-10,18H2,1-3H3. The molecule has 1 aliphatic rings. The van der Waals surface area contributed by atoms with E-state index < -0.39 is 5.79 Å². The molecule has 1 saturated heterocycles. The summed E-state index contributed by atoms with van der Waals surface area (Å²) in [7, 11) is 0. The van der Waals surface area contributed by atoms with E-state index in [1.165, 1.54) is 5.56 Å². The Labute approximate surface area is 130 Å². The Bertz CT molecular complexity index is 435. The number of halogens is 1. The molecule has 3 atom stereocenters. The van der Waals surface area contributed by atoms with Crippen LogP contribution < -0.4 is 5.73 Å². The average Bonchev–Trinajstić information content (AvgIpc) is 2.85. The van der Waals surface area contributed by atoms with Crippen LogP contribution in [-0.4, -0.2) is 25.0 Å². The van der Waals surface area contributed by atoms with E-state index in [-0.39, 0.29) is 6.10 Å². The molecule has 0 amide bonds. The molecule has 2 rings (SSSR count). The fourth-order valence-electron chi connectivity index (χ4n) is 2.70. The van der Waals surface area contributed by atoms with Crippen LogP contribution in [-0.2, 0) is 9.47 Å². The minimum atomic E-state index is -0.511. The molecule has 1 aliphatic heterocycles. The lowest BCUT2D eigenvalue weighted by Crippen LogP contribution is -2.39. The normalized spacial score (nSPS) is 28.0. The second-order valence-corrected chi connectivity index (χ2v) is 6.73. The van der Waals surface area contributed by atoms with E-state index in [2.05, 4.69) is 61.0 Å². The molecule has 112 valence electrons. The van der Waals surface area contributed by atoms with Gasteiger partial charge in [0.05, 0.1) is 12.7 Å². The first kappa shape index (κ1) is 16.0. The summed E-state index contributed by atoms with van der Waals surface area (Å²) in [6.45, 7) is 7.66. The van der Waals surface area contributed by atoms with Crippen LogP contribution in [0.25, 0.3) is 0 Å². The predicted molar refractivity (Wildman–Crippen MR) is 84.6 cm³/mol. The third-order valence-electron chi connectivity index (χ3n) is 4.17. The summed E-state index contributed by atoms with van der Waals surface area (Å²) in [5.74, 6) is 0.0953. The average molecular weight is 342 g/mol. The van der Waals surface area contributed by atoms with E-state index in [1.54, 1.807) is 0 Å². The summed E-state index contributed by atoms with van der Waals surface area (Å²) in [5, 5.41) is 0. The molecule has 0 radical (unpaired) electrons. The van der Waals surface area contributed by atoms with Gasteiger partial charge < -0.3 is 15.2 Å². The monoisotopic (exact) mass is 341 g/mol. The van der Waals surface area contributed by atoms with Crippen LogP contribution in [0.3, 0.4) is 0 Å². The number of hydrogen-bond acceptors (Lipinski definition) is 3. The topological polar surface area (TPSA) is 44.5 Å². The van der Waals surface area contributed by atoms with Gasteiger partial charge in [-0.1, -0.05) is 48.8 Å². The van der Waals surface area contributed by atoms with Crippen molar-refractivity contribution in [3.05, 3.63) is 34.3 Å². The molecule has 3 unspecified atom stereocenters. The van der Waals surface area contributed by atoms with Crippen LogP contribution >= 0.6 is 15.9 Å². The SMILES string of the molecule is CC(c1ccc(Br)cc1)C1COC(CCN)(C(C)C)O1. The first-order chi connectivity index (χ1) is 9.48. The number of rotatable bonds is 5. The number of hydrogen-bond donors (Lipinski definition) is 1. The van der Waals surface area contributed by atoms with Gasteiger partial charge in [-0.3, -0.25) is 0 Å². The molecular weight excluding hydrogens is 318 g/mol. The second-order valence-electron chi connectivity index (χ2n) is 5.81. The van der Waals surface area contributed by atoms with Crippen molar-refractivity contribution >= 4 is 15.9 Å². The van der Waals surface area contributed by atoms with Crippen molar-refractivity contribution in [3.8, 4) is 0 Å². The van der Waals surface area contributed by atoms with Crippen molar-refractivity contribution in [1.29, 1.82) is 0 Å². The van der Waals surface area contributed by atoms with E-state index in [9.17, 15) is 0 Å². The molecule has 1 aromatic carbocycles. The Hall–Kier alpha value is -0.420. The van der Waals surface area contributed by atoms with Crippen LogP contribution in [0.15, 0.2) is 28.7 Å². The van der Waals surface area contributed by atoms with Gasteiger partial charge in [0.1, 0.15) is 0 Å². The molecule has 0 saturated carbocycles. The van der Waals surface area contributed by atoms with Gasteiger partial charge >= 0.3 is 0 Å². The van der Waals surface area contributed by atoms with E-state index in [0.717, 1.165) is 10.9 Å². The lowest BCUT2D eigenvalue weighted by Gasteiger charge is -2.32. The highest BCUT2D eigenvalue weighted by molar-refractivity contribution is 9.10.